The largest absolute Gasteiger partial charge is 0.481 e. The van der Waals surface area contributed by atoms with Crippen molar-refractivity contribution in [1.29, 1.82) is 0 Å². The third-order valence-corrected chi connectivity index (χ3v) is 6.78. The van der Waals surface area contributed by atoms with Crippen LogP contribution in [0.5, 0.6) is 0 Å². The van der Waals surface area contributed by atoms with Gasteiger partial charge in [0.25, 0.3) is 0 Å². The maximum atomic E-state index is 11.7. The van der Waals surface area contributed by atoms with Gasteiger partial charge >= 0.3 is 5.97 Å². The Morgan fingerprint density at radius 3 is 1.78 bits per heavy atom. The molecule has 2 N–H and O–H groups in total. The van der Waals surface area contributed by atoms with E-state index in [1.54, 1.807) is 6.92 Å². The lowest BCUT2D eigenvalue weighted by Crippen LogP contribution is -2.46. The molecule has 202 valence electrons. The Morgan fingerprint density at radius 2 is 1.36 bits per heavy atom. The number of carboxylic acids is 1. The molecule has 0 aromatic heterocycles. The van der Waals surface area contributed by atoms with E-state index >= 15 is 0 Å². The zero-order valence-electron chi connectivity index (χ0n) is 24.2. The molecule has 5 heteroatoms. The molecule has 3 unspecified atom stereocenters. The van der Waals surface area contributed by atoms with Crippen LogP contribution < -0.4 is 9.80 Å². The van der Waals surface area contributed by atoms with Gasteiger partial charge in [0.15, 0.2) is 0 Å². The van der Waals surface area contributed by atoms with E-state index in [1.807, 2.05) is 39.0 Å². The normalized spacial score (nSPS) is 13.1. The molecule has 3 atom stereocenters. The maximum absolute atomic E-state index is 11.7. The Balaban J connectivity index is 0.000000576. The number of quaternary nitrogens is 1. The molecule has 2 aromatic carbocycles. The van der Waals surface area contributed by atoms with Crippen molar-refractivity contribution in [3.05, 3.63) is 65.7 Å². The summed E-state index contributed by atoms with van der Waals surface area (Å²) in [5.41, 5.74) is 4.06. The number of carbonyl (C=O) groups is 2. The first kappa shape index (κ1) is 33.3. The fraction of sp³-hybridized carbons (Fsp3) is 0.548. The highest BCUT2D eigenvalue weighted by molar-refractivity contribution is 5.78. The fourth-order valence-electron chi connectivity index (χ4n) is 3.08. The molecule has 0 radical (unpaired) electrons. The number of aryl methyl sites for hydroxylation is 1. The Labute approximate surface area is 220 Å². The Kier molecular flexibility index (Phi) is 16.4. The van der Waals surface area contributed by atoms with Gasteiger partial charge in [-0.25, -0.2) is 0 Å². The van der Waals surface area contributed by atoms with E-state index in [1.165, 1.54) is 23.2 Å². The second-order valence-electron chi connectivity index (χ2n) is 10.2. The van der Waals surface area contributed by atoms with Crippen molar-refractivity contribution in [1.82, 2.24) is 9.80 Å². The summed E-state index contributed by atoms with van der Waals surface area (Å²) in [4.78, 5) is 21.6. The van der Waals surface area contributed by atoms with Crippen molar-refractivity contribution in [3.8, 4) is 0 Å². The number of aliphatic carboxylic acids is 1. The smallest absolute Gasteiger partial charge is 0.306 e. The van der Waals surface area contributed by atoms with E-state index in [4.69, 9.17) is 5.11 Å². The number of benzene rings is 2. The molecule has 36 heavy (non-hydrogen) atoms. The summed E-state index contributed by atoms with van der Waals surface area (Å²) in [7, 11) is 4.31. The summed E-state index contributed by atoms with van der Waals surface area (Å²) in [5, 5.41) is 11.2. The average Bonchev–Trinajstić information content (AvgIpc) is 2.88. The van der Waals surface area contributed by atoms with Gasteiger partial charge in [0.05, 0.1) is 26.6 Å². The van der Waals surface area contributed by atoms with Crippen molar-refractivity contribution >= 4 is 17.6 Å². The van der Waals surface area contributed by atoms with Gasteiger partial charge < -0.3 is 10.4 Å². The molecule has 2 aromatic rings. The number of carbonyl (C=O) groups excluding carboxylic acids is 1. The lowest BCUT2D eigenvalue weighted by molar-refractivity contribution is -0.141. The third kappa shape index (κ3) is 13.4. The summed E-state index contributed by atoms with van der Waals surface area (Å²) in [6.07, 6.45) is 2.83. The maximum Gasteiger partial charge on any atom is 0.306 e. The highest BCUT2D eigenvalue weighted by Crippen LogP contribution is 2.18. The number of nitrogens with one attached hydrogen (secondary N) is 1. The van der Waals surface area contributed by atoms with Crippen LogP contribution in [0.4, 0.5) is 5.69 Å². The van der Waals surface area contributed by atoms with Crippen molar-refractivity contribution in [2.75, 3.05) is 27.2 Å². The molecule has 0 aliphatic rings. The molecule has 0 fully saturated rings. The number of likely N-dealkylation sites (N-methyl/N-ethyl adjacent to an activating group) is 1. The monoisotopic (exact) mass is 499 g/mol. The number of amides is 1. The van der Waals surface area contributed by atoms with E-state index in [0.717, 1.165) is 23.9 Å². The van der Waals surface area contributed by atoms with Crippen LogP contribution in [0.3, 0.4) is 0 Å². The van der Waals surface area contributed by atoms with Crippen LogP contribution in [0.25, 0.3) is 0 Å². The lowest BCUT2D eigenvalue weighted by Gasteiger charge is -2.29. The number of carboxylic acid groups (broad SMARTS) is 1. The second-order valence-corrected chi connectivity index (χ2v) is 10.2. The number of rotatable bonds is 10. The number of hydrogen-bond acceptors (Lipinski definition) is 2. The molecular weight excluding hydrogens is 448 g/mol. The van der Waals surface area contributed by atoms with Crippen LogP contribution in [-0.4, -0.2) is 44.2 Å². The van der Waals surface area contributed by atoms with E-state index < -0.39 is 5.97 Å². The number of nitrogens with zero attached hydrogens (tertiary/aromatic N) is 1. The van der Waals surface area contributed by atoms with Crippen LogP contribution in [0.1, 0.15) is 77.8 Å². The SMILES string of the molecule is CCC(C)C(=O)NCC[N+](C)(C)c1ccccc1.CCC(C)C(=O)O.CCC(C)c1ccc(C)cc1. The van der Waals surface area contributed by atoms with Gasteiger partial charge in [0.1, 0.15) is 12.2 Å². The van der Waals surface area contributed by atoms with Crippen LogP contribution in [0, 0.1) is 18.8 Å². The zero-order valence-corrected chi connectivity index (χ0v) is 24.2. The van der Waals surface area contributed by atoms with E-state index in [0.29, 0.717) is 12.5 Å². The van der Waals surface area contributed by atoms with Gasteiger partial charge in [-0.05, 0) is 49.8 Å². The standard InChI is InChI=1S/C15H24N2O.C11H16.C5H10O2/c1-5-13(2)15(18)16-11-12-17(3,4)14-9-7-6-8-10-14;1-4-10(3)11-7-5-9(2)6-8-11;1-3-4(2)5(6)7/h6-10,13H,5,11-12H2,1-4H3;5-8,10H,4H2,1-3H3;4H,3H2,1-2H3,(H,6,7)/p+1. The quantitative estimate of drug-likeness (QED) is 0.345. The summed E-state index contributed by atoms with van der Waals surface area (Å²) >= 11 is 0. The molecule has 1 amide bonds. The number of para-hydroxylation sites is 1. The Hall–Kier alpha value is -2.66. The second kappa shape index (κ2) is 17.7. The van der Waals surface area contributed by atoms with Crippen LogP contribution in [-0.2, 0) is 9.59 Å². The summed E-state index contributed by atoms with van der Waals surface area (Å²) in [6.45, 7) is 15.8. The van der Waals surface area contributed by atoms with Gasteiger partial charge in [-0.2, -0.15) is 0 Å². The van der Waals surface area contributed by atoms with Crippen molar-refractivity contribution in [3.63, 3.8) is 0 Å². The third-order valence-electron chi connectivity index (χ3n) is 6.78. The van der Waals surface area contributed by atoms with E-state index in [-0.39, 0.29) is 17.7 Å². The van der Waals surface area contributed by atoms with Gasteiger partial charge in [-0.15, -0.1) is 0 Å². The van der Waals surface area contributed by atoms with Crippen molar-refractivity contribution in [2.45, 2.75) is 73.6 Å². The van der Waals surface area contributed by atoms with Crippen molar-refractivity contribution < 1.29 is 14.7 Å². The molecule has 0 aliphatic carbocycles. The average molecular weight is 500 g/mol. The summed E-state index contributed by atoms with van der Waals surface area (Å²) in [6, 6.07) is 19.2. The van der Waals surface area contributed by atoms with Crippen LogP contribution in [0.15, 0.2) is 54.6 Å². The lowest BCUT2D eigenvalue weighted by atomic mass is 9.98. The Morgan fingerprint density at radius 1 is 0.833 bits per heavy atom. The minimum absolute atomic E-state index is 0.109. The molecule has 0 saturated carbocycles. The molecular formula is C31H51N2O3+. The van der Waals surface area contributed by atoms with Gasteiger partial charge in [-0.3, -0.25) is 14.1 Å². The minimum Gasteiger partial charge on any atom is -0.481 e. The number of hydrogen-bond donors (Lipinski definition) is 2. The van der Waals surface area contributed by atoms with Gasteiger partial charge in [-0.1, -0.05) is 89.6 Å². The molecule has 0 aliphatic heterocycles. The predicted molar refractivity (Wildman–Crippen MR) is 154 cm³/mol. The molecule has 0 saturated heterocycles. The highest BCUT2D eigenvalue weighted by Gasteiger charge is 2.19. The van der Waals surface area contributed by atoms with Crippen LogP contribution >= 0.6 is 0 Å². The molecule has 0 spiro atoms. The fourth-order valence-corrected chi connectivity index (χ4v) is 3.08. The predicted octanol–water partition coefficient (Wildman–Crippen LogP) is 7.04. The van der Waals surface area contributed by atoms with Gasteiger partial charge in [0, 0.05) is 5.92 Å². The van der Waals surface area contributed by atoms with Crippen molar-refractivity contribution in [2.24, 2.45) is 11.8 Å². The van der Waals surface area contributed by atoms with Crippen LogP contribution in [0.2, 0.25) is 0 Å². The molecule has 5 nitrogen and oxygen atoms in total. The van der Waals surface area contributed by atoms with E-state index in [2.05, 4.69) is 76.6 Å². The molecule has 0 heterocycles. The Bertz CT molecular complexity index is 863. The highest BCUT2D eigenvalue weighted by atomic mass is 16.4. The van der Waals surface area contributed by atoms with Gasteiger partial charge in [0.2, 0.25) is 5.91 Å². The van der Waals surface area contributed by atoms with E-state index in [9.17, 15) is 9.59 Å². The first-order chi connectivity index (χ1) is 16.9. The summed E-state index contributed by atoms with van der Waals surface area (Å²) < 4.78 is 0.779. The first-order valence-corrected chi connectivity index (χ1v) is 13.3. The summed E-state index contributed by atoms with van der Waals surface area (Å²) in [5.74, 6) is 0.0843. The minimum atomic E-state index is -0.706. The topological polar surface area (TPSA) is 66.4 Å². The first-order valence-electron chi connectivity index (χ1n) is 13.3. The zero-order chi connectivity index (χ0) is 27.7. The molecule has 0 bridgehead atoms. The molecule has 2 rings (SSSR count).